The molecule has 3 nitrogen and oxygen atoms in total. The molecule has 0 aliphatic rings. The van der Waals surface area contributed by atoms with Crippen LogP contribution in [0.5, 0.6) is 5.75 Å². The first-order valence-electron chi connectivity index (χ1n) is 6.27. The maximum atomic E-state index is 6.08. The average Bonchev–Trinajstić information content (AvgIpc) is 2.39. The first-order chi connectivity index (χ1) is 8.67. The minimum absolute atomic E-state index is 0.0821. The van der Waals surface area contributed by atoms with Gasteiger partial charge in [-0.3, -0.25) is 0 Å². The molecule has 0 fully saturated rings. The fourth-order valence-electron chi connectivity index (χ4n) is 2.15. The van der Waals surface area contributed by atoms with Crippen molar-refractivity contribution < 1.29 is 9.47 Å². The summed E-state index contributed by atoms with van der Waals surface area (Å²) in [5.41, 5.74) is 1.04. The van der Waals surface area contributed by atoms with Gasteiger partial charge in [0.25, 0.3) is 0 Å². The molecule has 0 amide bonds. The van der Waals surface area contributed by atoms with Crippen molar-refractivity contribution in [2.24, 2.45) is 0 Å². The maximum absolute atomic E-state index is 6.08. The third-order valence-electron chi connectivity index (χ3n) is 3.03. The highest BCUT2D eigenvalue weighted by atomic mass is 35.5. The zero-order valence-electron chi connectivity index (χ0n) is 11.5. The Hall–Kier alpha value is -0.770. The van der Waals surface area contributed by atoms with Gasteiger partial charge in [-0.05, 0) is 31.2 Å². The minimum Gasteiger partial charge on any atom is -0.496 e. The molecule has 0 saturated carbocycles. The fraction of sp³-hybridized carbons (Fsp3) is 0.571. The molecule has 1 N–H and O–H groups in total. The minimum atomic E-state index is 0.0821. The van der Waals surface area contributed by atoms with Gasteiger partial charge in [0.15, 0.2) is 0 Å². The molecule has 0 aromatic heterocycles. The SMILES string of the molecule is CCNC(c1cc(Cl)ccc1OC)C(CC)OC. The van der Waals surface area contributed by atoms with Gasteiger partial charge in [0.2, 0.25) is 0 Å². The Balaban J connectivity index is 3.14. The first-order valence-corrected chi connectivity index (χ1v) is 6.65. The summed E-state index contributed by atoms with van der Waals surface area (Å²) in [6.07, 6.45) is 1.02. The van der Waals surface area contributed by atoms with E-state index >= 15 is 0 Å². The van der Waals surface area contributed by atoms with Gasteiger partial charge in [0, 0.05) is 17.7 Å². The number of ether oxygens (including phenoxy) is 2. The number of rotatable bonds is 7. The molecule has 18 heavy (non-hydrogen) atoms. The quantitative estimate of drug-likeness (QED) is 0.824. The zero-order valence-corrected chi connectivity index (χ0v) is 12.3. The Bertz CT molecular complexity index is 367. The Kier molecular flexibility index (Phi) is 6.47. The molecular weight excluding hydrogens is 250 g/mol. The highest BCUT2D eigenvalue weighted by molar-refractivity contribution is 6.30. The summed E-state index contributed by atoms with van der Waals surface area (Å²) in [4.78, 5) is 0. The molecule has 0 bridgehead atoms. The van der Waals surface area contributed by atoms with Crippen molar-refractivity contribution in [2.75, 3.05) is 20.8 Å². The normalized spacial score (nSPS) is 14.3. The van der Waals surface area contributed by atoms with Crippen LogP contribution in [0.4, 0.5) is 0 Å². The van der Waals surface area contributed by atoms with Crippen LogP contribution < -0.4 is 10.1 Å². The Morgan fingerprint density at radius 2 is 2.00 bits per heavy atom. The average molecular weight is 272 g/mol. The van der Waals surface area contributed by atoms with Crippen LogP contribution in [0, 0.1) is 0 Å². The molecule has 1 rings (SSSR count). The molecule has 0 radical (unpaired) electrons. The summed E-state index contributed by atoms with van der Waals surface area (Å²) in [5.74, 6) is 0.834. The fourth-order valence-corrected chi connectivity index (χ4v) is 2.33. The number of benzene rings is 1. The standard InChI is InChI=1S/C14H22ClNO2/c1-5-12(17-3)14(16-6-2)11-9-10(15)7-8-13(11)18-4/h7-9,12,14,16H,5-6H2,1-4H3. The number of hydrogen-bond acceptors (Lipinski definition) is 3. The van der Waals surface area contributed by atoms with Gasteiger partial charge in [0.05, 0.1) is 19.3 Å². The van der Waals surface area contributed by atoms with Crippen LogP contribution in [0.1, 0.15) is 31.9 Å². The molecule has 1 aromatic rings. The first kappa shape index (κ1) is 15.3. The lowest BCUT2D eigenvalue weighted by atomic mass is 9.98. The van der Waals surface area contributed by atoms with E-state index in [1.165, 1.54) is 0 Å². The van der Waals surface area contributed by atoms with E-state index in [0.717, 1.165) is 24.3 Å². The van der Waals surface area contributed by atoms with Gasteiger partial charge in [-0.15, -0.1) is 0 Å². The molecule has 2 atom stereocenters. The molecule has 1 aromatic carbocycles. The second-order valence-corrected chi connectivity index (χ2v) is 4.54. The van der Waals surface area contributed by atoms with Gasteiger partial charge in [-0.2, -0.15) is 0 Å². The molecular formula is C14H22ClNO2. The van der Waals surface area contributed by atoms with Crippen molar-refractivity contribution in [1.82, 2.24) is 5.32 Å². The maximum Gasteiger partial charge on any atom is 0.123 e. The second-order valence-electron chi connectivity index (χ2n) is 4.10. The monoisotopic (exact) mass is 271 g/mol. The summed E-state index contributed by atoms with van der Waals surface area (Å²) in [6.45, 7) is 5.04. The molecule has 102 valence electrons. The summed E-state index contributed by atoms with van der Waals surface area (Å²) < 4.78 is 11.0. The van der Waals surface area contributed by atoms with Crippen LogP contribution in [0.2, 0.25) is 5.02 Å². The van der Waals surface area contributed by atoms with E-state index < -0.39 is 0 Å². The van der Waals surface area contributed by atoms with Crippen LogP contribution >= 0.6 is 11.6 Å². The van der Waals surface area contributed by atoms with Crippen LogP contribution in [0.25, 0.3) is 0 Å². The predicted octanol–water partition coefficient (Wildman–Crippen LogP) is 3.42. The molecule has 2 unspecified atom stereocenters. The van der Waals surface area contributed by atoms with Crippen LogP contribution in [0.3, 0.4) is 0 Å². The van der Waals surface area contributed by atoms with E-state index in [1.54, 1.807) is 14.2 Å². The van der Waals surface area contributed by atoms with E-state index in [1.807, 2.05) is 18.2 Å². The zero-order chi connectivity index (χ0) is 13.5. The smallest absolute Gasteiger partial charge is 0.123 e. The number of halogens is 1. The van der Waals surface area contributed by atoms with E-state index in [-0.39, 0.29) is 12.1 Å². The van der Waals surface area contributed by atoms with Gasteiger partial charge in [0.1, 0.15) is 5.75 Å². The lowest BCUT2D eigenvalue weighted by molar-refractivity contribution is 0.0648. The van der Waals surface area contributed by atoms with Gasteiger partial charge < -0.3 is 14.8 Å². The molecule has 0 aliphatic carbocycles. The van der Waals surface area contributed by atoms with Gasteiger partial charge >= 0.3 is 0 Å². The third-order valence-corrected chi connectivity index (χ3v) is 3.26. The van der Waals surface area contributed by atoms with Crippen molar-refractivity contribution >= 4 is 11.6 Å². The molecule has 0 spiro atoms. The Morgan fingerprint density at radius 1 is 1.28 bits per heavy atom. The third kappa shape index (κ3) is 3.61. The largest absolute Gasteiger partial charge is 0.496 e. The van der Waals surface area contributed by atoms with Crippen LogP contribution in [0.15, 0.2) is 18.2 Å². The topological polar surface area (TPSA) is 30.5 Å². The molecule has 0 heterocycles. The van der Waals surface area contributed by atoms with Crippen molar-refractivity contribution in [1.29, 1.82) is 0 Å². The second kappa shape index (κ2) is 7.62. The van der Waals surface area contributed by atoms with E-state index in [0.29, 0.717) is 5.02 Å². The van der Waals surface area contributed by atoms with E-state index in [4.69, 9.17) is 21.1 Å². The Labute approximate surface area is 114 Å². The number of methoxy groups -OCH3 is 2. The predicted molar refractivity (Wildman–Crippen MR) is 75.5 cm³/mol. The molecule has 0 saturated heterocycles. The highest BCUT2D eigenvalue weighted by Crippen LogP contribution is 2.31. The molecule has 0 aliphatic heterocycles. The number of hydrogen-bond donors (Lipinski definition) is 1. The lowest BCUT2D eigenvalue weighted by Crippen LogP contribution is -2.33. The highest BCUT2D eigenvalue weighted by Gasteiger charge is 2.24. The van der Waals surface area contributed by atoms with Crippen LogP contribution in [-0.2, 0) is 4.74 Å². The van der Waals surface area contributed by atoms with E-state index in [9.17, 15) is 0 Å². The number of nitrogens with one attached hydrogen (secondary N) is 1. The summed E-state index contributed by atoms with van der Waals surface area (Å²) in [5, 5.41) is 4.15. The summed E-state index contributed by atoms with van der Waals surface area (Å²) >= 11 is 6.08. The summed E-state index contributed by atoms with van der Waals surface area (Å²) in [6, 6.07) is 5.75. The Morgan fingerprint density at radius 3 is 2.50 bits per heavy atom. The van der Waals surface area contributed by atoms with Crippen molar-refractivity contribution in [3.63, 3.8) is 0 Å². The van der Waals surface area contributed by atoms with Crippen molar-refractivity contribution in [3.8, 4) is 5.75 Å². The van der Waals surface area contributed by atoms with Gasteiger partial charge in [-0.1, -0.05) is 25.4 Å². The lowest BCUT2D eigenvalue weighted by Gasteiger charge is -2.27. The summed E-state index contributed by atoms with van der Waals surface area (Å²) in [7, 11) is 3.40. The van der Waals surface area contributed by atoms with Crippen molar-refractivity contribution in [2.45, 2.75) is 32.4 Å². The van der Waals surface area contributed by atoms with Gasteiger partial charge in [-0.25, -0.2) is 0 Å². The van der Waals surface area contributed by atoms with Crippen molar-refractivity contribution in [3.05, 3.63) is 28.8 Å². The molecule has 4 heteroatoms. The van der Waals surface area contributed by atoms with E-state index in [2.05, 4.69) is 19.2 Å². The van der Waals surface area contributed by atoms with Crippen LogP contribution in [-0.4, -0.2) is 26.9 Å². The number of likely N-dealkylation sites (N-methyl/N-ethyl adjacent to an activating group) is 1.